The number of aliphatic hydroxyl groups is 1. The summed E-state index contributed by atoms with van der Waals surface area (Å²) in [5.74, 6) is 1.28. The van der Waals surface area contributed by atoms with Gasteiger partial charge in [-0.3, -0.25) is 9.59 Å². The minimum absolute atomic E-state index is 0.0737. The van der Waals surface area contributed by atoms with E-state index in [1.165, 1.54) is 36.8 Å². The number of hydrazone groups is 1. The Bertz CT molecular complexity index is 741. The van der Waals surface area contributed by atoms with Crippen molar-refractivity contribution in [3.8, 4) is 0 Å². The molecule has 0 aromatic rings. The minimum atomic E-state index is -0.294. The number of nitrogens with zero attached hydrogens (tertiary/aromatic N) is 2. The van der Waals surface area contributed by atoms with Crippen LogP contribution in [-0.2, 0) is 14.3 Å². The van der Waals surface area contributed by atoms with Crippen LogP contribution in [0.1, 0.15) is 80.1 Å². The molecule has 0 heterocycles. The Morgan fingerprint density at radius 2 is 2.03 bits per heavy atom. The summed E-state index contributed by atoms with van der Waals surface area (Å²) in [6, 6.07) is 0. The molecular weight excluding hydrogens is 444 g/mol. The van der Waals surface area contributed by atoms with E-state index in [0.717, 1.165) is 25.9 Å². The first-order valence-electron chi connectivity index (χ1n) is 12.5. The number of carbonyl (C=O) groups is 2. The van der Waals surface area contributed by atoms with Crippen LogP contribution in [0.3, 0.4) is 0 Å². The van der Waals surface area contributed by atoms with Crippen LogP contribution >= 0.6 is 0 Å². The van der Waals surface area contributed by atoms with E-state index in [4.69, 9.17) is 9.84 Å². The second-order valence-electron chi connectivity index (χ2n) is 9.90. The summed E-state index contributed by atoms with van der Waals surface area (Å²) >= 11 is 0. The molecule has 0 aromatic carbocycles. The third kappa shape index (κ3) is 15.8. The number of hydrogen-bond donors (Lipinski definition) is 3. The molecule has 35 heavy (non-hydrogen) atoms. The molecule has 8 heteroatoms. The first-order chi connectivity index (χ1) is 16.5. The maximum Gasteiger partial charge on any atom is 0.229 e. The summed E-state index contributed by atoms with van der Waals surface area (Å²) in [6.07, 6.45) is 13.1. The molecule has 1 rings (SSSR count). The lowest BCUT2D eigenvalue weighted by atomic mass is 9.84. The van der Waals surface area contributed by atoms with Crippen molar-refractivity contribution in [2.45, 2.75) is 80.1 Å². The van der Waals surface area contributed by atoms with Crippen molar-refractivity contribution in [1.29, 1.82) is 0 Å². The Labute approximate surface area is 212 Å². The summed E-state index contributed by atoms with van der Waals surface area (Å²) in [4.78, 5) is 23.5. The summed E-state index contributed by atoms with van der Waals surface area (Å²) in [5, 5.41) is 18.6. The van der Waals surface area contributed by atoms with Gasteiger partial charge in [0.05, 0.1) is 13.0 Å². The Morgan fingerprint density at radius 1 is 1.34 bits per heavy atom. The number of allylic oxidation sites excluding steroid dienone is 1. The Morgan fingerprint density at radius 3 is 2.63 bits per heavy atom. The fraction of sp³-hybridized carbons (Fsp3) is 0.667. The number of aliphatic hydroxyl groups excluding tert-OH is 1. The van der Waals surface area contributed by atoms with Crippen LogP contribution in [0.4, 0.5) is 0 Å². The molecule has 2 amide bonds. The van der Waals surface area contributed by atoms with Crippen molar-refractivity contribution in [2.24, 2.45) is 22.4 Å². The van der Waals surface area contributed by atoms with Crippen LogP contribution in [0.2, 0.25) is 0 Å². The zero-order chi connectivity index (χ0) is 26.9. The minimum Gasteiger partial charge on any atom is -0.478 e. The summed E-state index contributed by atoms with van der Waals surface area (Å²) in [5.41, 5.74) is 1.03. The molecule has 0 radical (unpaired) electrons. The molecule has 1 aliphatic rings. The highest BCUT2D eigenvalue weighted by atomic mass is 16.5. The first kappa shape index (κ1) is 32.4. The smallest absolute Gasteiger partial charge is 0.229 e. The lowest BCUT2D eigenvalue weighted by Crippen LogP contribution is -2.31. The van der Waals surface area contributed by atoms with E-state index in [9.17, 15) is 9.59 Å². The van der Waals surface area contributed by atoms with Gasteiger partial charge in [0, 0.05) is 44.6 Å². The Balaban J connectivity index is 0.00000562. The van der Waals surface area contributed by atoms with Gasteiger partial charge in [-0.15, -0.1) is 0 Å². The molecule has 0 saturated heterocycles. The topological polar surface area (TPSA) is 103 Å². The lowest BCUT2D eigenvalue weighted by molar-refractivity contribution is -0.119. The van der Waals surface area contributed by atoms with E-state index in [1.807, 2.05) is 26.1 Å². The first-order valence-corrected chi connectivity index (χ1v) is 12.5. The van der Waals surface area contributed by atoms with Gasteiger partial charge in [-0.2, -0.15) is 5.10 Å². The summed E-state index contributed by atoms with van der Waals surface area (Å²) in [6.45, 7) is 16.8. The van der Waals surface area contributed by atoms with Gasteiger partial charge in [-0.25, -0.2) is 5.01 Å². The molecule has 0 aliphatic heterocycles. The van der Waals surface area contributed by atoms with Crippen LogP contribution in [0.25, 0.3) is 0 Å². The molecule has 8 nitrogen and oxygen atoms in total. The Hall–Kier alpha value is -2.61. The van der Waals surface area contributed by atoms with E-state index in [0.29, 0.717) is 25.0 Å². The predicted molar refractivity (Wildman–Crippen MR) is 143 cm³/mol. The molecule has 0 bridgehead atoms. The number of ether oxygens (including phenoxy) is 1. The van der Waals surface area contributed by atoms with Crippen LogP contribution in [0, 0.1) is 17.3 Å². The van der Waals surface area contributed by atoms with Gasteiger partial charge in [0.2, 0.25) is 17.7 Å². The van der Waals surface area contributed by atoms with E-state index in [2.05, 4.69) is 43.1 Å². The van der Waals surface area contributed by atoms with Gasteiger partial charge in [-0.05, 0) is 44.1 Å². The second-order valence-corrected chi connectivity index (χ2v) is 9.90. The molecule has 200 valence electrons. The molecule has 1 saturated carbocycles. The van der Waals surface area contributed by atoms with Crippen molar-refractivity contribution < 1.29 is 19.4 Å². The summed E-state index contributed by atoms with van der Waals surface area (Å²) < 4.78 is 5.72. The number of rotatable bonds is 13. The van der Waals surface area contributed by atoms with Gasteiger partial charge in [0.25, 0.3) is 0 Å². The highest BCUT2D eigenvalue weighted by Crippen LogP contribution is 2.29. The highest BCUT2D eigenvalue weighted by Gasteiger charge is 2.16. The van der Waals surface area contributed by atoms with Crippen molar-refractivity contribution in [2.75, 3.05) is 20.3 Å². The summed E-state index contributed by atoms with van der Waals surface area (Å²) in [7, 11) is 1.00. The normalized spacial score (nSPS) is 17.3. The maximum atomic E-state index is 12.3. The molecular formula is C27H48N4O4. The molecule has 3 N–H and O–H groups in total. The van der Waals surface area contributed by atoms with Crippen molar-refractivity contribution in [3.05, 3.63) is 36.5 Å². The number of nitrogens with one attached hydrogen (secondary N) is 2. The number of amides is 2. The Kier molecular flexibility index (Phi) is 16.4. The number of hydrogen-bond acceptors (Lipinski definition) is 6. The molecule has 1 fully saturated rings. The lowest BCUT2D eigenvalue weighted by Gasteiger charge is -2.23. The fourth-order valence-electron chi connectivity index (χ4n) is 3.32. The van der Waals surface area contributed by atoms with Crippen molar-refractivity contribution in [3.63, 3.8) is 0 Å². The van der Waals surface area contributed by atoms with Crippen molar-refractivity contribution >= 4 is 18.0 Å². The zero-order valence-electron chi connectivity index (χ0n) is 22.9. The van der Waals surface area contributed by atoms with E-state index in [1.54, 1.807) is 12.4 Å². The van der Waals surface area contributed by atoms with E-state index in [-0.39, 0.29) is 23.7 Å². The third-order valence-electron chi connectivity index (χ3n) is 5.46. The van der Waals surface area contributed by atoms with E-state index < -0.39 is 0 Å². The van der Waals surface area contributed by atoms with Crippen LogP contribution in [0.5, 0.6) is 0 Å². The molecule has 1 aliphatic carbocycles. The second kappa shape index (κ2) is 17.8. The SMILES string of the molecule is C=C(OCC(C)C)N(/C=C/C(C)(C)CNC(C)=O)/N=C\CC(=O)N/C=C1\CCCC(CC)C1.CO. The van der Waals surface area contributed by atoms with Gasteiger partial charge in [0.15, 0.2) is 0 Å². The maximum absolute atomic E-state index is 12.3. The largest absolute Gasteiger partial charge is 0.478 e. The monoisotopic (exact) mass is 492 g/mol. The molecule has 0 spiro atoms. The van der Waals surface area contributed by atoms with Gasteiger partial charge < -0.3 is 20.5 Å². The quantitative estimate of drug-likeness (QED) is 0.197. The average Bonchev–Trinajstić information content (AvgIpc) is 2.83. The number of carbonyl (C=O) groups excluding carboxylic acids is 2. The zero-order valence-corrected chi connectivity index (χ0v) is 22.9. The van der Waals surface area contributed by atoms with Crippen LogP contribution in [0.15, 0.2) is 41.6 Å². The van der Waals surface area contributed by atoms with E-state index >= 15 is 0 Å². The molecule has 1 unspecified atom stereocenters. The van der Waals surface area contributed by atoms with Crippen LogP contribution < -0.4 is 10.6 Å². The average molecular weight is 493 g/mol. The van der Waals surface area contributed by atoms with Gasteiger partial charge >= 0.3 is 0 Å². The van der Waals surface area contributed by atoms with Crippen molar-refractivity contribution in [1.82, 2.24) is 15.6 Å². The molecule has 1 atom stereocenters. The fourth-order valence-corrected chi connectivity index (χ4v) is 3.32. The van der Waals surface area contributed by atoms with Crippen LogP contribution in [-0.4, -0.2) is 48.4 Å². The standard InChI is InChI=1S/C26H44N4O3.CH4O/c1-8-23-10-9-11-24(16-23)17-27-25(32)12-14-29-30(22(5)33-18-20(2)3)15-13-26(6,7)19-28-21(4)31;1-2/h13-15,17,20,23H,5,8-12,16,18-19H2,1-4,6-7H3,(H,27,32)(H,28,31);2H,1H3/b15-13+,24-17+,29-14-;. The molecule has 0 aromatic heterocycles. The third-order valence-corrected chi connectivity index (χ3v) is 5.46. The van der Waals surface area contributed by atoms with Gasteiger partial charge in [-0.1, -0.05) is 52.7 Å². The predicted octanol–water partition coefficient (Wildman–Crippen LogP) is 4.69. The van der Waals surface area contributed by atoms with Gasteiger partial charge in [0.1, 0.15) is 0 Å². The highest BCUT2D eigenvalue weighted by molar-refractivity contribution is 5.90.